The van der Waals surface area contributed by atoms with Crippen molar-refractivity contribution in [2.45, 2.75) is 63.1 Å². The summed E-state index contributed by atoms with van der Waals surface area (Å²) in [4.78, 5) is 12.2. The summed E-state index contributed by atoms with van der Waals surface area (Å²) in [5, 5.41) is 0. The van der Waals surface area contributed by atoms with Crippen molar-refractivity contribution in [3.63, 3.8) is 0 Å². The fraction of sp³-hybridized carbons (Fsp3) is 0.435. The van der Waals surface area contributed by atoms with Gasteiger partial charge in [-0.05, 0) is 60.7 Å². The Morgan fingerprint density at radius 1 is 1.04 bits per heavy atom. The zero-order chi connectivity index (χ0) is 19.1. The van der Waals surface area contributed by atoms with Crippen LogP contribution in [0, 0.1) is 5.82 Å². The molecule has 0 spiro atoms. The smallest absolute Gasteiger partial charge is 0.343 e. The largest absolute Gasteiger partial charge is 0.423 e. The van der Waals surface area contributed by atoms with Gasteiger partial charge in [0.25, 0.3) is 0 Å². The van der Waals surface area contributed by atoms with Gasteiger partial charge in [0.2, 0.25) is 0 Å². The second-order valence-electron chi connectivity index (χ2n) is 7.68. The Labute approximate surface area is 163 Å². The number of carbonyl (C=O) groups excluding carboxylic acids is 1. The Morgan fingerprint density at radius 2 is 1.70 bits per heavy atom. The molecule has 1 saturated heterocycles. The van der Waals surface area contributed by atoms with E-state index in [1.54, 1.807) is 0 Å². The number of benzene rings is 2. The van der Waals surface area contributed by atoms with Gasteiger partial charge < -0.3 is 4.74 Å². The third-order valence-electron chi connectivity index (χ3n) is 5.70. The maximum absolute atomic E-state index is 12.9. The predicted octanol–water partition coefficient (Wildman–Crippen LogP) is 6.34. The normalized spacial score (nSPS) is 19.6. The summed E-state index contributed by atoms with van der Waals surface area (Å²) >= 11 is 0. The van der Waals surface area contributed by atoms with Crippen LogP contribution in [-0.4, -0.2) is 14.8 Å². The van der Waals surface area contributed by atoms with E-state index in [9.17, 15) is 9.18 Å². The van der Waals surface area contributed by atoms with Crippen molar-refractivity contribution in [3.8, 4) is 5.75 Å². The maximum atomic E-state index is 12.9. The van der Waals surface area contributed by atoms with Crippen LogP contribution in [0.25, 0.3) is 0 Å². The van der Waals surface area contributed by atoms with Gasteiger partial charge in [0.15, 0.2) is 0 Å². The monoisotopic (exact) mass is 384 g/mol. The summed E-state index contributed by atoms with van der Waals surface area (Å²) in [5.41, 5.74) is 1.88. The van der Waals surface area contributed by atoms with Crippen molar-refractivity contribution >= 4 is 14.8 Å². The second-order valence-corrected chi connectivity index (χ2v) is 11.1. The van der Waals surface area contributed by atoms with Crippen molar-refractivity contribution in [1.82, 2.24) is 0 Å². The zero-order valence-corrected chi connectivity index (χ0v) is 17.3. The quantitative estimate of drug-likeness (QED) is 0.241. The van der Waals surface area contributed by atoms with Crippen molar-refractivity contribution in [3.05, 3.63) is 65.5 Å². The predicted molar refractivity (Wildman–Crippen MR) is 111 cm³/mol. The molecule has 0 radical (unpaired) electrons. The molecule has 0 aliphatic carbocycles. The summed E-state index contributed by atoms with van der Waals surface area (Å²) < 4.78 is 18.2. The average Bonchev–Trinajstić information content (AvgIpc) is 2.70. The molecule has 27 heavy (non-hydrogen) atoms. The lowest BCUT2D eigenvalue weighted by Gasteiger charge is -2.28. The minimum Gasteiger partial charge on any atom is -0.423 e. The van der Waals surface area contributed by atoms with Gasteiger partial charge in [-0.15, -0.1) is 0 Å². The molecule has 0 N–H and O–H groups in total. The van der Waals surface area contributed by atoms with Crippen LogP contribution in [0.2, 0.25) is 18.1 Å². The van der Waals surface area contributed by atoms with Gasteiger partial charge in [-0.2, -0.15) is 0 Å². The molecular weight excluding hydrogens is 355 g/mol. The molecule has 0 amide bonds. The molecule has 144 valence electrons. The van der Waals surface area contributed by atoms with E-state index < -0.39 is 14.8 Å². The lowest BCUT2D eigenvalue weighted by atomic mass is 9.93. The molecule has 2 aromatic carbocycles. The highest BCUT2D eigenvalue weighted by Crippen LogP contribution is 2.35. The van der Waals surface area contributed by atoms with Crippen LogP contribution in [0.3, 0.4) is 0 Å². The third-order valence-corrected chi connectivity index (χ3v) is 9.23. The van der Waals surface area contributed by atoms with E-state index in [0.717, 1.165) is 0 Å². The van der Waals surface area contributed by atoms with Gasteiger partial charge in [-0.1, -0.05) is 56.5 Å². The first-order valence-electron chi connectivity index (χ1n) is 10.2. The molecule has 4 heteroatoms. The lowest BCUT2D eigenvalue weighted by molar-refractivity contribution is 0.0734. The van der Waals surface area contributed by atoms with Crippen LogP contribution in [-0.2, 0) is 0 Å². The number of ether oxygens (including phenoxy) is 1. The Morgan fingerprint density at radius 3 is 2.33 bits per heavy atom. The summed E-state index contributed by atoms with van der Waals surface area (Å²) in [5.74, 6) is 0.251. The topological polar surface area (TPSA) is 26.3 Å². The Hall–Kier alpha value is -1.94. The molecular formula is C23H29FO2Si. The molecule has 0 unspecified atom stereocenters. The van der Waals surface area contributed by atoms with E-state index >= 15 is 0 Å². The molecule has 0 saturated carbocycles. The highest BCUT2D eigenvalue weighted by atomic mass is 28.3. The molecule has 0 atom stereocenters. The minimum absolute atomic E-state index is 0.345. The van der Waals surface area contributed by atoms with Crippen molar-refractivity contribution in [1.29, 1.82) is 0 Å². The van der Waals surface area contributed by atoms with Crippen LogP contribution in [0.4, 0.5) is 4.39 Å². The molecule has 1 fully saturated rings. The van der Waals surface area contributed by atoms with Crippen molar-refractivity contribution in [2.24, 2.45) is 0 Å². The summed E-state index contributed by atoms with van der Waals surface area (Å²) in [6.07, 6.45) is 6.76. The number of unbranched alkanes of at least 4 members (excludes halogenated alkanes) is 2. The molecule has 1 heterocycles. The van der Waals surface area contributed by atoms with Crippen LogP contribution >= 0.6 is 0 Å². The van der Waals surface area contributed by atoms with Crippen molar-refractivity contribution < 1.29 is 13.9 Å². The van der Waals surface area contributed by atoms with Gasteiger partial charge in [0, 0.05) is 8.80 Å². The van der Waals surface area contributed by atoms with E-state index in [1.165, 1.54) is 80.1 Å². The molecule has 0 bridgehead atoms. The van der Waals surface area contributed by atoms with E-state index in [0.29, 0.717) is 17.2 Å². The van der Waals surface area contributed by atoms with Gasteiger partial charge in [0.05, 0.1) is 5.56 Å². The first kappa shape index (κ1) is 19.8. The first-order chi connectivity index (χ1) is 13.2. The number of hydrogen-bond acceptors (Lipinski definition) is 2. The Bertz CT molecular complexity index is 719. The van der Waals surface area contributed by atoms with Gasteiger partial charge in [0.1, 0.15) is 11.6 Å². The van der Waals surface area contributed by atoms with Crippen LogP contribution in [0.15, 0.2) is 48.5 Å². The van der Waals surface area contributed by atoms with E-state index in [4.69, 9.17) is 4.74 Å². The summed E-state index contributed by atoms with van der Waals surface area (Å²) in [7, 11) is -0.490. The molecule has 1 aliphatic heterocycles. The highest BCUT2D eigenvalue weighted by molar-refractivity contribution is 6.59. The van der Waals surface area contributed by atoms with E-state index in [2.05, 4.69) is 19.1 Å². The maximum Gasteiger partial charge on any atom is 0.343 e. The number of hydrogen-bond donors (Lipinski definition) is 0. The van der Waals surface area contributed by atoms with Crippen molar-refractivity contribution in [2.75, 3.05) is 0 Å². The van der Waals surface area contributed by atoms with Crippen LogP contribution in [0.5, 0.6) is 5.75 Å². The Kier molecular flexibility index (Phi) is 7.22. The van der Waals surface area contributed by atoms with Gasteiger partial charge in [-0.3, -0.25) is 0 Å². The zero-order valence-electron chi connectivity index (χ0n) is 16.1. The number of halogens is 1. The number of esters is 1. The minimum atomic E-state index is -0.490. The third kappa shape index (κ3) is 5.77. The number of rotatable bonds is 7. The summed E-state index contributed by atoms with van der Waals surface area (Å²) in [6.45, 7) is 2.28. The van der Waals surface area contributed by atoms with E-state index in [1.807, 2.05) is 12.1 Å². The molecule has 0 aromatic heterocycles. The molecule has 1 aliphatic rings. The van der Waals surface area contributed by atoms with Crippen LogP contribution < -0.4 is 4.74 Å². The second kappa shape index (κ2) is 9.84. The standard InChI is InChI=1S/C23H29FO2Si/c1-2-3-4-15-27-16-13-19(14-17-27)18-5-7-20(8-6-18)23(25)26-22-11-9-21(24)10-12-22/h5-12,19,27H,2-4,13-17H2,1H3/t19-,27-. The molecule has 2 nitrogen and oxygen atoms in total. The molecule has 2 aromatic rings. The Balaban J connectivity index is 1.51. The number of carbonyl (C=O) groups is 1. The molecule has 3 rings (SSSR count). The van der Waals surface area contributed by atoms with Gasteiger partial charge >= 0.3 is 5.97 Å². The average molecular weight is 385 g/mol. The summed E-state index contributed by atoms with van der Waals surface area (Å²) in [6, 6.07) is 17.8. The highest BCUT2D eigenvalue weighted by Gasteiger charge is 2.23. The van der Waals surface area contributed by atoms with Gasteiger partial charge in [-0.25, -0.2) is 9.18 Å². The van der Waals surface area contributed by atoms with Crippen LogP contribution in [0.1, 0.15) is 60.9 Å². The lowest BCUT2D eigenvalue weighted by Crippen LogP contribution is -2.20. The fourth-order valence-electron chi connectivity index (χ4n) is 4.03. The fourth-order valence-corrected chi connectivity index (χ4v) is 7.51. The van der Waals surface area contributed by atoms with E-state index in [-0.39, 0.29) is 5.82 Å². The SMILES string of the molecule is CCCCC[Si@H]1CC[C@H](c2ccc(C(=O)Oc3ccc(F)cc3)cc2)CC1. The first-order valence-corrected chi connectivity index (χ1v) is 12.7.